The van der Waals surface area contributed by atoms with E-state index >= 15 is 0 Å². The molecule has 3 N–H and O–H groups in total. The quantitative estimate of drug-likeness (QED) is 0.572. The van der Waals surface area contributed by atoms with E-state index in [-0.39, 0.29) is 6.61 Å². The predicted molar refractivity (Wildman–Crippen MR) is 93.4 cm³/mol. The summed E-state index contributed by atoms with van der Waals surface area (Å²) in [5.41, 5.74) is -1.68. The van der Waals surface area contributed by atoms with Crippen LogP contribution in [0.3, 0.4) is 0 Å². The molecule has 0 aliphatic carbocycles. The molecular weight excluding hydrogens is 344 g/mol. The van der Waals surface area contributed by atoms with Crippen LogP contribution >= 0.6 is 0 Å². The van der Waals surface area contributed by atoms with E-state index in [1.54, 1.807) is 48.5 Å². The standard InChI is InChI=1S/C17H30N2O7/c1-8-25-10(20)9-18-13(21)12(11(14(22)23)16(2,3)4)19-15(24)26-17(5,6)7/h11-12H,8-9H2,1-7H3,(H,18,21)(H,19,24)(H,22,23)/t11-,12?/m0/s1. The van der Waals surface area contributed by atoms with Crippen molar-refractivity contribution in [1.82, 2.24) is 10.6 Å². The zero-order chi connectivity index (χ0) is 20.7. The first-order chi connectivity index (χ1) is 11.7. The molecule has 0 aromatic carbocycles. The highest BCUT2D eigenvalue weighted by Crippen LogP contribution is 2.29. The van der Waals surface area contributed by atoms with Crippen molar-refractivity contribution >= 4 is 23.9 Å². The smallest absolute Gasteiger partial charge is 0.408 e. The molecule has 9 heteroatoms. The summed E-state index contributed by atoms with van der Waals surface area (Å²) in [4.78, 5) is 47.7. The third-order valence-corrected chi connectivity index (χ3v) is 3.20. The molecule has 0 spiro atoms. The SMILES string of the molecule is CCOC(=O)CNC(=O)C(NC(=O)OC(C)(C)C)[C@@H](C(=O)O)C(C)(C)C. The highest BCUT2D eigenvalue weighted by Gasteiger charge is 2.43. The van der Waals surface area contributed by atoms with Gasteiger partial charge in [-0.25, -0.2) is 4.79 Å². The van der Waals surface area contributed by atoms with Crippen LogP contribution in [0.4, 0.5) is 4.79 Å². The van der Waals surface area contributed by atoms with Crippen LogP contribution in [0.15, 0.2) is 0 Å². The summed E-state index contributed by atoms with van der Waals surface area (Å²) in [6, 6.07) is -1.43. The van der Waals surface area contributed by atoms with Gasteiger partial charge in [0.25, 0.3) is 0 Å². The summed E-state index contributed by atoms with van der Waals surface area (Å²) in [5.74, 6) is -3.99. The van der Waals surface area contributed by atoms with Gasteiger partial charge in [-0.2, -0.15) is 0 Å². The molecule has 0 aromatic rings. The van der Waals surface area contributed by atoms with Gasteiger partial charge in [0.2, 0.25) is 5.91 Å². The van der Waals surface area contributed by atoms with Crippen LogP contribution in [-0.2, 0) is 23.9 Å². The monoisotopic (exact) mass is 374 g/mol. The minimum Gasteiger partial charge on any atom is -0.481 e. The molecule has 1 unspecified atom stereocenters. The zero-order valence-corrected chi connectivity index (χ0v) is 16.5. The number of alkyl carbamates (subject to hydrolysis) is 1. The maximum absolute atomic E-state index is 12.5. The number of carbonyl (C=O) groups excluding carboxylic acids is 3. The molecule has 0 aromatic heterocycles. The van der Waals surface area contributed by atoms with Crippen LogP contribution in [0, 0.1) is 11.3 Å². The minimum atomic E-state index is -1.43. The van der Waals surface area contributed by atoms with Crippen LogP contribution in [0.2, 0.25) is 0 Å². The fraction of sp³-hybridized carbons (Fsp3) is 0.765. The lowest BCUT2D eigenvalue weighted by Gasteiger charge is -2.33. The predicted octanol–water partition coefficient (Wildman–Crippen LogP) is 1.31. The van der Waals surface area contributed by atoms with E-state index in [2.05, 4.69) is 10.6 Å². The number of carboxylic acids is 1. The van der Waals surface area contributed by atoms with Gasteiger partial charge in [0, 0.05) is 0 Å². The second-order valence-electron chi connectivity index (χ2n) is 7.83. The molecule has 26 heavy (non-hydrogen) atoms. The third-order valence-electron chi connectivity index (χ3n) is 3.20. The average molecular weight is 374 g/mol. The molecule has 0 saturated heterocycles. The maximum atomic E-state index is 12.5. The Bertz CT molecular complexity index is 532. The van der Waals surface area contributed by atoms with Crippen molar-refractivity contribution in [2.45, 2.75) is 60.1 Å². The Morgan fingerprint density at radius 2 is 1.58 bits per heavy atom. The molecule has 0 heterocycles. The first kappa shape index (κ1) is 23.7. The van der Waals surface area contributed by atoms with Crippen molar-refractivity contribution < 1.29 is 33.8 Å². The Labute approximate surface area is 153 Å². The zero-order valence-electron chi connectivity index (χ0n) is 16.5. The van der Waals surface area contributed by atoms with Gasteiger partial charge in [-0.05, 0) is 33.1 Å². The summed E-state index contributed by atoms with van der Waals surface area (Å²) in [6.45, 7) is 11.1. The van der Waals surface area contributed by atoms with Gasteiger partial charge in [-0.15, -0.1) is 0 Å². The second kappa shape index (κ2) is 9.40. The normalized spacial score (nSPS) is 14.0. The summed E-state index contributed by atoms with van der Waals surface area (Å²) in [6.07, 6.45) is -0.927. The lowest BCUT2D eigenvalue weighted by atomic mass is 9.76. The molecule has 9 nitrogen and oxygen atoms in total. The first-order valence-corrected chi connectivity index (χ1v) is 8.34. The molecule has 2 amide bonds. The number of hydrogen-bond donors (Lipinski definition) is 3. The van der Waals surface area contributed by atoms with Crippen molar-refractivity contribution in [3.05, 3.63) is 0 Å². The molecule has 0 rings (SSSR count). The molecule has 0 fully saturated rings. The second-order valence-corrected chi connectivity index (χ2v) is 7.83. The average Bonchev–Trinajstić information content (AvgIpc) is 2.40. The summed E-state index contributed by atoms with van der Waals surface area (Å²) >= 11 is 0. The van der Waals surface area contributed by atoms with Gasteiger partial charge in [0.05, 0.1) is 12.5 Å². The van der Waals surface area contributed by atoms with E-state index in [4.69, 9.17) is 9.47 Å². The highest BCUT2D eigenvalue weighted by molar-refractivity contribution is 5.92. The lowest BCUT2D eigenvalue weighted by Crippen LogP contribution is -2.57. The van der Waals surface area contributed by atoms with Crippen LogP contribution in [0.25, 0.3) is 0 Å². The molecular formula is C17H30N2O7. The van der Waals surface area contributed by atoms with Crippen molar-refractivity contribution in [1.29, 1.82) is 0 Å². The molecule has 0 saturated carbocycles. The Morgan fingerprint density at radius 1 is 1.04 bits per heavy atom. The topological polar surface area (TPSA) is 131 Å². The van der Waals surface area contributed by atoms with Crippen LogP contribution < -0.4 is 10.6 Å². The molecule has 0 aliphatic rings. The number of esters is 1. The number of hydrogen-bond acceptors (Lipinski definition) is 6. The van der Waals surface area contributed by atoms with Gasteiger partial charge < -0.3 is 25.2 Å². The van der Waals surface area contributed by atoms with E-state index in [1.165, 1.54) is 0 Å². The van der Waals surface area contributed by atoms with E-state index in [1.807, 2.05) is 0 Å². The number of ether oxygens (including phenoxy) is 2. The fourth-order valence-corrected chi connectivity index (χ4v) is 2.23. The first-order valence-electron chi connectivity index (χ1n) is 8.34. The summed E-state index contributed by atoms with van der Waals surface area (Å²) in [5, 5.41) is 14.2. The van der Waals surface area contributed by atoms with Gasteiger partial charge in [-0.1, -0.05) is 20.8 Å². The van der Waals surface area contributed by atoms with Crippen molar-refractivity contribution in [3.8, 4) is 0 Å². The molecule has 0 bridgehead atoms. The maximum Gasteiger partial charge on any atom is 0.408 e. The lowest BCUT2D eigenvalue weighted by molar-refractivity contribution is -0.150. The minimum absolute atomic E-state index is 0.147. The van der Waals surface area contributed by atoms with Gasteiger partial charge in [0.1, 0.15) is 18.2 Å². The van der Waals surface area contributed by atoms with Crippen LogP contribution in [0.5, 0.6) is 0 Å². The van der Waals surface area contributed by atoms with Crippen molar-refractivity contribution in [2.75, 3.05) is 13.2 Å². The largest absolute Gasteiger partial charge is 0.481 e. The Balaban J connectivity index is 5.45. The fourth-order valence-electron chi connectivity index (χ4n) is 2.23. The number of nitrogens with one attached hydrogen (secondary N) is 2. The van der Waals surface area contributed by atoms with Crippen LogP contribution in [-0.4, -0.2) is 53.8 Å². The van der Waals surface area contributed by atoms with Gasteiger partial charge in [-0.3, -0.25) is 14.4 Å². The Kier molecular flexibility index (Phi) is 8.56. The molecule has 0 radical (unpaired) electrons. The van der Waals surface area contributed by atoms with E-state index in [9.17, 15) is 24.3 Å². The van der Waals surface area contributed by atoms with E-state index in [0.29, 0.717) is 0 Å². The molecule has 0 aliphatic heterocycles. The number of rotatable bonds is 7. The van der Waals surface area contributed by atoms with E-state index < -0.39 is 53.5 Å². The highest BCUT2D eigenvalue weighted by atomic mass is 16.6. The number of carbonyl (C=O) groups is 4. The van der Waals surface area contributed by atoms with Gasteiger partial charge in [0.15, 0.2) is 0 Å². The summed E-state index contributed by atoms with van der Waals surface area (Å²) in [7, 11) is 0. The van der Waals surface area contributed by atoms with Crippen molar-refractivity contribution in [3.63, 3.8) is 0 Å². The summed E-state index contributed by atoms with van der Waals surface area (Å²) < 4.78 is 9.82. The number of amides is 2. The van der Waals surface area contributed by atoms with Crippen molar-refractivity contribution in [2.24, 2.45) is 11.3 Å². The molecule has 2 atom stereocenters. The molecule has 150 valence electrons. The van der Waals surface area contributed by atoms with E-state index in [0.717, 1.165) is 0 Å². The Hall–Kier alpha value is -2.32. The third kappa shape index (κ3) is 8.68. The van der Waals surface area contributed by atoms with Gasteiger partial charge >= 0.3 is 18.0 Å². The van der Waals surface area contributed by atoms with Crippen LogP contribution in [0.1, 0.15) is 48.5 Å². The Morgan fingerprint density at radius 3 is 1.96 bits per heavy atom. The number of carboxylic acid groups (broad SMARTS) is 1. The number of aliphatic carboxylic acids is 1.